The Bertz CT molecular complexity index is 944. The lowest BCUT2D eigenvalue weighted by atomic mass is 10.1. The molecule has 1 unspecified atom stereocenters. The van der Waals surface area contributed by atoms with Crippen molar-refractivity contribution in [1.29, 1.82) is 0 Å². The number of allylic oxidation sites excluding steroid dienone is 6. The fraction of sp³-hybridized carbons (Fsp3) is 0.795. The number of phosphoric ester groups is 1. The van der Waals surface area contributed by atoms with Gasteiger partial charge in [-0.1, -0.05) is 121 Å². The van der Waals surface area contributed by atoms with Crippen LogP contribution in [0, 0.1) is 0 Å². The van der Waals surface area contributed by atoms with E-state index in [0.717, 1.165) is 51.4 Å². The number of quaternary nitrogens is 1. The van der Waals surface area contributed by atoms with Gasteiger partial charge in [-0.3, -0.25) is 14.2 Å². The van der Waals surface area contributed by atoms with Crippen LogP contribution < -0.4 is 4.89 Å². The quantitative estimate of drug-likeness (QED) is 0.0213. The molecule has 0 rings (SSSR count). The molecule has 0 aromatic carbocycles. The third-order valence-corrected chi connectivity index (χ3v) is 8.88. The van der Waals surface area contributed by atoms with Gasteiger partial charge in [-0.2, -0.15) is 0 Å². The van der Waals surface area contributed by atoms with Crippen molar-refractivity contribution in [3.8, 4) is 0 Å². The van der Waals surface area contributed by atoms with Gasteiger partial charge in [0.05, 0.1) is 27.7 Å². The molecule has 0 heterocycles. The van der Waals surface area contributed by atoms with Crippen molar-refractivity contribution in [3.05, 3.63) is 36.5 Å². The van der Waals surface area contributed by atoms with Crippen molar-refractivity contribution < 1.29 is 42.1 Å². The van der Waals surface area contributed by atoms with Crippen molar-refractivity contribution in [2.75, 3.05) is 47.5 Å². The standard InChI is InChI=1S/C39H72NO8P/c1-6-8-10-12-14-16-18-19-20-21-22-24-26-28-30-32-39(42)48-37(36-47-49(43,44)46-34-33-40(3,4)5)35-45-38(41)31-29-27-25-23-17-15-13-11-9-7-2/h14,16,19-20,22,24,37H,6-13,15,17-18,21,23,25-36H2,1-5H3/b16-14-,20-19-,24-22-/t37-/m1/s1. The molecular weight excluding hydrogens is 641 g/mol. The van der Waals surface area contributed by atoms with E-state index in [1.807, 2.05) is 21.1 Å². The molecule has 0 aromatic rings. The predicted octanol–water partition coefficient (Wildman–Crippen LogP) is 9.55. The van der Waals surface area contributed by atoms with Gasteiger partial charge in [-0.15, -0.1) is 0 Å². The van der Waals surface area contributed by atoms with E-state index in [9.17, 15) is 19.0 Å². The molecule has 0 N–H and O–H groups in total. The summed E-state index contributed by atoms with van der Waals surface area (Å²) in [5.41, 5.74) is 0. The van der Waals surface area contributed by atoms with Crippen LogP contribution in [0.1, 0.15) is 149 Å². The number of nitrogens with zero attached hydrogens (tertiary/aromatic N) is 1. The summed E-state index contributed by atoms with van der Waals surface area (Å²) in [6.07, 6.45) is 33.2. The maximum atomic E-state index is 12.6. The average Bonchev–Trinajstić information content (AvgIpc) is 3.04. The normalized spacial score (nSPS) is 14.2. The first-order valence-electron chi connectivity index (χ1n) is 19.2. The second kappa shape index (κ2) is 32.2. The molecule has 0 aliphatic rings. The lowest BCUT2D eigenvalue weighted by molar-refractivity contribution is -0.870. The molecule has 0 saturated heterocycles. The predicted molar refractivity (Wildman–Crippen MR) is 199 cm³/mol. The topological polar surface area (TPSA) is 111 Å². The van der Waals surface area contributed by atoms with Gasteiger partial charge < -0.3 is 27.9 Å². The van der Waals surface area contributed by atoms with Gasteiger partial charge in [0.2, 0.25) is 0 Å². The summed E-state index contributed by atoms with van der Waals surface area (Å²) in [5.74, 6) is -0.883. The van der Waals surface area contributed by atoms with Crippen LogP contribution in [0.3, 0.4) is 0 Å². The molecule has 0 spiro atoms. The Kier molecular flexibility index (Phi) is 31.0. The Balaban J connectivity index is 4.52. The first-order valence-corrected chi connectivity index (χ1v) is 20.7. The number of carbonyl (C=O) groups excluding carboxylic acids is 2. The number of carbonyl (C=O) groups is 2. The van der Waals surface area contributed by atoms with Crippen LogP contribution in [-0.4, -0.2) is 70.0 Å². The van der Waals surface area contributed by atoms with Gasteiger partial charge >= 0.3 is 11.9 Å². The molecular formula is C39H72NO8P. The second-order valence-electron chi connectivity index (χ2n) is 13.9. The SMILES string of the molecule is CCCCC/C=C\C/C=C\C/C=C\CCCCC(=O)O[C@H](COC(=O)CCCCCCCCCCCC)COP(=O)([O-])OCC[N+](C)(C)C. The molecule has 0 aromatic heterocycles. The van der Waals surface area contributed by atoms with Gasteiger partial charge in [0.15, 0.2) is 6.10 Å². The molecule has 0 aliphatic carbocycles. The van der Waals surface area contributed by atoms with Gasteiger partial charge in [0, 0.05) is 12.8 Å². The maximum Gasteiger partial charge on any atom is 0.306 e. The van der Waals surface area contributed by atoms with Crippen molar-refractivity contribution in [2.24, 2.45) is 0 Å². The molecule has 0 bridgehead atoms. The molecule has 0 saturated carbocycles. The Hall–Kier alpha value is -1.77. The van der Waals surface area contributed by atoms with Crippen LogP contribution in [0.2, 0.25) is 0 Å². The summed E-state index contributed by atoms with van der Waals surface area (Å²) in [4.78, 5) is 37.3. The van der Waals surface area contributed by atoms with Crippen LogP contribution >= 0.6 is 7.82 Å². The molecule has 0 amide bonds. The summed E-state index contributed by atoms with van der Waals surface area (Å²) >= 11 is 0. The van der Waals surface area contributed by atoms with E-state index in [-0.39, 0.29) is 26.1 Å². The number of phosphoric acid groups is 1. The zero-order chi connectivity index (χ0) is 36.5. The smallest absolute Gasteiger partial charge is 0.306 e. The number of unbranched alkanes of at least 4 members (excludes halogenated alkanes) is 14. The van der Waals surface area contributed by atoms with Gasteiger partial charge in [-0.25, -0.2) is 0 Å². The zero-order valence-electron chi connectivity index (χ0n) is 31.9. The lowest BCUT2D eigenvalue weighted by Crippen LogP contribution is -2.37. The molecule has 10 heteroatoms. The number of ether oxygens (including phenoxy) is 2. The van der Waals surface area contributed by atoms with Gasteiger partial charge in [-0.05, 0) is 51.4 Å². The lowest BCUT2D eigenvalue weighted by Gasteiger charge is -2.28. The van der Waals surface area contributed by atoms with E-state index in [1.165, 1.54) is 64.2 Å². The molecule has 286 valence electrons. The molecule has 0 fully saturated rings. The number of hydrogen-bond donors (Lipinski definition) is 0. The van der Waals surface area contributed by atoms with E-state index in [1.54, 1.807) is 0 Å². The maximum absolute atomic E-state index is 12.6. The first kappa shape index (κ1) is 47.2. The number of likely N-dealkylation sites (N-methyl/N-ethyl adjacent to an activating group) is 1. The Morgan fingerprint density at radius 2 is 1.10 bits per heavy atom. The van der Waals surface area contributed by atoms with Crippen LogP contribution in [0.4, 0.5) is 0 Å². The Morgan fingerprint density at radius 1 is 0.633 bits per heavy atom. The van der Waals surface area contributed by atoms with E-state index < -0.39 is 32.5 Å². The van der Waals surface area contributed by atoms with E-state index in [4.69, 9.17) is 18.5 Å². The van der Waals surface area contributed by atoms with Crippen LogP contribution in [0.25, 0.3) is 0 Å². The summed E-state index contributed by atoms with van der Waals surface area (Å²) in [6.45, 7) is 4.11. The molecule has 0 aliphatic heterocycles. The largest absolute Gasteiger partial charge is 0.756 e. The van der Waals surface area contributed by atoms with Crippen LogP contribution in [0.5, 0.6) is 0 Å². The van der Waals surface area contributed by atoms with Crippen molar-refractivity contribution in [1.82, 2.24) is 0 Å². The van der Waals surface area contributed by atoms with E-state index in [0.29, 0.717) is 17.4 Å². The highest BCUT2D eigenvalue weighted by atomic mass is 31.2. The Morgan fingerprint density at radius 3 is 1.67 bits per heavy atom. The first-order chi connectivity index (χ1) is 23.5. The highest BCUT2D eigenvalue weighted by Gasteiger charge is 2.21. The van der Waals surface area contributed by atoms with E-state index >= 15 is 0 Å². The average molecular weight is 714 g/mol. The summed E-state index contributed by atoms with van der Waals surface area (Å²) < 4.78 is 33.7. The van der Waals surface area contributed by atoms with Crippen LogP contribution in [-0.2, 0) is 32.7 Å². The van der Waals surface area contributed by atoms with E-state index in [2.05, 4.69) is 50.3 Å². The number of hydrogen-bond acceptors (Lipinski definition) is 8. The minimum atomic E-state index is -4.62. The van der Waals surface area contributed by atoms with Gasteiger partial charge in [0.1, 0.15) is 19.8 Å². The highest BCUT2D eigenvalue weighted by molar-refractivity contribution is 7.45. The highest BCUT2D eigenvalue weighted by Crippen LogP contribution is 2.38. The van der Waals surface area contributed by atoms with Crippen molar-refractivity contribution in [2.45, 2.75) is 155 Å². The fourth-order valence-corrected chi connectivity index (χ4v) is 5.56. The summed E-state index contributed by atoms with van der Waals surface area (Å²) in [7, 11) is 1.14. The monoisotopic (exact) mass is 713 g/mol. The van der Waals surface area contributed by atoms with Crippen molar-refractivity contribution in [3.63, 3.8) is 0 Å². The van der Waals surface area contributed by atoms with Gasteiger partial charge in [0.25, 0.3) is 7.82 Å². The second-order valence-corrected chi connectivity index (χ2v) is 15.4. The molecule has 0 radical (unpaired) electrons. The number of esters is 2. The minimum absolute atomic E-state index is 0.0379. The number of rotatable bonds is 34. The third-order valence-electron chi connectivity index (χ3n) is 7.91. The molecule has 2 atom stereocenters. The Labute approximate surface area is 300 Å². The fourth-order valence-electron chi connectivity index (χ4n) is 4.84. The summed E-state index contributed by atoms with van der Waals surface area (Å²) in [5, 5.41) is 0. The van der Waals surface area contributed by atoms with Crippen LogP contribution in [0.15, 0.2) is 36.5 Å². The summed E-state index contributed by atoms with van der Waals surface area (Å²) in [6, 6.07) is 0. The zero-order valence-corrected chi connectivity index (χ0v) is 32.8. The van der Waals surface area contributed by atoms with Crippen molar-refractivity contribution >= 4 is 19.8 Å². The third kappa shape index (κ3) is 35.8. The minimum Gasteiger partial charge on any atom is -0.756 e. The molecule has 49 heavy (non-hydrogen) atoms. The molecule has 9 nitrogen and oxygen atoms in total.